The average Bonchev–Trinajstić information content (AvgIpc) is 2.94. The summed E-state index contributed by atoms with van der Waals surface area (Å²) in [7, 11) is 1.56. The molecule has 0 bridgehead atoms. The minimum Gasteiger partial charge on any atom is -0.393 e. The van der Waals surface area contributed by atoms with Gasteiger partial charge in [0, 0.05) is 32.0 Å². The summed E-state index contributed by atoms with van der Waals surface area (Å²) in [6.45, 7) is 5.00. The highest BCUT2D eigenvalue weighted by atomic mass is 16.3. The number of aliphatic hydroxyl groups excluding tert-OH is 1. The van der Waals surface area contributed by atoms with E-state index in [2.05, 4.69) is 16.8 Å². The number of fused-ring (bicyclic) bond motifs is 1. The molecule has 0 spiro atoms. The number of nitrogens with one attached hydrogen (secondary N) is 1. The predicted molar refractivity (Wildman–Crippen MR) is 94.8 cm³/mol. The molecule has 0 fully saturated rings. The maximum Gasteiger partial charge on any atom is 0.313 e. The highest BCUT2D eigenvalue weighted by molar-refractivity contribution is 6.39. The molecule has 0 saturated heterocycles. The standard InChI is InChI=1S/C18H25N3O3/c1-4-9-21-11-8-14-5-6-15(12-16(14)21)19-17(23)18(24)20(3)10-7-13(2)22/h5-6,8,11-13,22H,4,7,9-10H2,1-3H3,(H,19,23). The number of aromatic nitrogens is 1. The Hall–Kier alpha value is -2.34. The van der Waals surface area contributed by atoms with Crippen LogP contribution in [0.5, 0.6) is 0 Å². The Labute approximate surface area is 142 Å². The van der Waals surface area contributed by atoms with Crippen molar-refractivity contribution in [3.63, 3.8) is 0 Å². The molecule has 0 radical (unpaired) electrons. The van der Waals surface area contributed by atoms with Crippen molar-refractivity contribution in [3.05, 3.63) is 30.5 Å². The van der Waals surface area contributed by atoms with E-state index in [-0.39, 0.29) is 0 Å². The van der Waals surface area contributed by atoms with Crippen molar-refractivity contribution in [3.8, 4) is 0 Å². The van der Waals surface area contributed by atoms with Gasteiger partial charge in [0.15, 0.2) is 0 Å². The second-order valence-corrected chi connectivity index (χ2v) is 6.10. The van der Waals surface area contributed by atoms with Crippen molar-refractivity contribution in [2.24, 2.45) is 0 Å². The van der Waals surface area contributed by atoms with Gasteiger partial charge in [0.05, 0.1) is 11.6 Å². The number of rotatable bonds is 6. The zero-order chi connectivity index (χ0) is 17.7. The molecule has 6 nitrogen and oxygen atoms in total. The Morgan fingerprint density at radius 2 is 2.08 bits per heavy atom. The molecule has 1 heterocycles. The van der Waals surface area contributed by atoms with E-state index in [4.69, 9.17) is 0 Å². The largest absolute Gasteiger partial charge is 0.393 e. The second kappa shape index (κ2) is 7.97. The molecule has 0 aliphatic rings. The molecule has 1 atom stereocenters. The van der Waals surface area contributed by atoms with Crippen LogP contribution in [0.15, 0.2) is 30.5 Å². The highest BCUT2D eigenvalue weighted by Crippen LogP contribution is 2.21. The molecule has 130 valence electrons. The molecule has 2 aromatic rings. The normalized spacial score (nSPS) is 12.2. The molecular formula is C18H25N3O3. The molecule has 1 unspecified atom stereocenters. The molecule has 2 rings (SSSR count). The van der Waals surface area contributed by atoms with E-state index in [9.17, 15) is 14.7 Å². The second-order valence-electron chi connectivity index (χ2n) is 6.10. The monoisotopic (exact) mass is 331 g/mol. The minimum absolute atomic E-state index is 0.336. The number of hydrogen-bond acceptors (Lipinski definition) is 3. The third kappa shape index (κ3) is 4.35. The smallest absolute Gasteiger partial charge is 0.313 e. The van der Waals surface area contributed by atoms with Gasteiger partial charge in [-0.15, -0.1) is 0 Å². The number of aliphatic hydroxyl groups is 1. The van der Waals surface area contributed by atoms with Crippen molar-refractivity contribution in [2.45, 2.75) is 39.3 Å². The van der Waals surface area contributed by atoms with E-state index in [0.717, 1.165) is 23.9 Å². The number of benzene rings is 1. The summed E-state index contributed by atoms with van der Waals surface area (Å²) in [6.07, 6.45) is 2.98. The van der Waals surface area contributed by atoms with Gasteiger partial charge in [0.2, 0.25) is 0 Å². The molecule has 2 N–H and O–H groups in total. The van der Waals surface area contributed by atoms with Crippen LogP contribution >= 0.6 is 0 Å². The van der Waals surface area contributed by atoms with E-state index < -0.39 is 17.9 Å². The average molecular weight is 331 g/mol. The quantitative estimate of drug-likeness (QED) is 0.797. The molecule has 1 aromatic carbocycles. The van der Waals surface area contributed by atoms with Crippen LogP contribution in [0, 0.1) is 0 Å². The fourth-order valence-electron chi connectivity index (χ4n) is 2.54. The van der Waals surface area contributed by atoms with Crippen molar-refractivity contribution in [1.82, 2.24) is 9.47 Å². The lowest BCUT2D eigenvalue weighted by atomic mass is 10.2. The van der Waals surface area contributed by atoms with E-state index in [1.54, 1.807) is 20.0 Å². The summed E-state index contributed by atoms with van der Waals surface area (Å²) in [6, 6.07) is 7.63. The van der Waals surface area contributed by atoms with E-state index >= 15 is 0 Å². The van der Waals surface area contributed by atoms with Gasteiger partial charge in [-0.1, -0.05) is 13.0 Å². The number of hydrogen-bond donors (Lipinski definition) is 2. The van der Waals surface area contributed by atoms with Gasteiger partial charge in [-0.05, 0) is 43.4 Å². The first-order valence-electron chi connectivity index (χ1n) is 8.25. The van der Waals surface area contributed by atoms with Gasteiger partial charge in [-0.2, -0.15) is 0 Å². The zero-order valence-corrected chi connectivity index (χ0v) is 14.5. The third-order valence-electron chi connectivity index (χ3n) is 3.92. The maximum atomic E-state index is 12.1. The van der Waals surface area contributed by atoms with Crippen molar-refractivity contribution in [2.75, 3.05) is 18.9 Å². The summed E-state index contributed by atoms with van der Waals surface area (Å²) in [5, 5.41) is 13.0. The van der Waals surface area contributed by atoms with Crippen molar-refractivity contribution < 1.29 is 14.7 Å². The number of anilines is 1. The van der Waals surface area contributed by atoms with Crippen LogP contribution in [0.3, 0.4) is 0 Å². The summed E-state index contributed by atoms with van der Waals surface area (Å²) in [5.41, 5.74) is 1.63. The number of carbonyl (C=O) groups excluding carboxylic acids is 2. The van der Waals surface area contributed by atoms with Crippen LogP contribution in [0.1, 0.15) is 26.7 Å². The van der Waals surface area contributed by atoms with E-state index in [0.29, 0.717) is 18.7 Å². The highest BCUT2D eigenvalue weighted by Gasteiger charge is 2.19. The molecule has 0 aliphatic heterocycles. The topological polar surface area (TPSA) is 74.6 Å². The Balaban J connectivity index is 2.06. The summed E-state index contributed by atoms with van der Waals surface area (Å²) < 4.78 is 2.13. The lowest BCUT2D eigenvalue weighted by Crippen LogP contribution is -2.38. The summed E-state index contributed by atoms with van der Waals surface area (Å²) in [4.78, 5) is 25.5. The molecular weight excluding hydrogens is 306 g/mol. The Bertz CT molecular complexity index is 721. The molecule has 6 heteroatoms. The van der Waals surface area contributed by atoms with Crippen LogP contribution in [0.4, 0.5) is 5.69 Å². The van der Waals surface area contributed by atoms with Crippen LogP contribution in [0.25, 0.3) is 10.9 Å². The number of amides is 2. The number of likely N-dealkylation sites (N-methyl/N-ethyl adjacent to an activating group) is 1. The van der Waals surface area contributed by atoms with Crippen LogP contribution in [-0.2, 0) is 16.1 Å². The van der Waals surface area contributed by atoms with E-state index in [1.807, 2.05) is 24.4 Å². The molecule has 24 heavy (non-hydrogen) atoms. The Morgan fingerprint density at radius 3 is 2.75 bits per heavy atom. The fourth-order valence-corrected chi connectivity index (χ4v) is 2.54. The lowest BCUT2D eigenvalue weighted by molar-refractivity contribution is -0.142. The van der Waals surface area contributed by atoms with Gasteiger partial charge in [-0.25, -0.2) is 0 Å². The third-order valence-corrected chi connectivity index (χ3v) is 3.92. The predicted octanol–water partition coefficient (Wildman–Crippen LogP) is 2.22. The van der Waals surface area contributed by atoms with Gasteiger partial charge in [0.25, 0.3) is 0 Å². The fraction of sp³-hybridized carbons (Fsp3) is 0.444. The lowest BCUT2D eigenvalue weighted by Gasteiger charge is -2.17. The van der Waals surface area contributed by atoms with Crippen molar-refractivity contribution >= 4 is 28.4 Å². The summed E-state index contributed by atoms with van der Waals surface area (Å²) in [5.74, 6) is -1.28. The van der Waals surface area contributed by atoms with Gasteiger partial charge >= 0.3 is 11.8 Å². The van der Waals surface area contributed by atoms with Crippen LogP contribution in [0.2, 0.25) is 0 Å². The molecule has 0 aliphatic carbocycles. The van der Waals surface area contributed by atoms with Gasteiger partial charge < -0.3 is 19.9 Å². The van der Waals surface area contributed by atoms with Gasteiger partial charge in [-0.3, -0.25) is 9.59 Å². The molecule has 1 aromatic heterocycles. The van der Waals surface area contributed by atoms with Gasteiger partial charge in [0.1, 0.15) is 0 Å². The Morgan fingerprint density at radius 1 is 1.33 bits per heavy atom. The maximum absolute atomic E-state index is 12.1. The first kappa shape index (κ1) is 18.0. The summed E-state index contributed by atoms with van der Waals surface area (Å²) >= 11 is 0. The molecule has 2 amide bonds. The van der Waals surface area contributed by atoms with Crippen molar-refractivity contribution in [1.29, 1.82) is 0 Å². The van der Waals surface area contributed by atoms with E-state index in [1.165, 1.54) is 4.90 Å². The first-order valence-corrected chi connectivity index (χ1v) is 8.25. The zero-order valence-electron chi connectivity index (χ0n) is 14.5. The Kier molecular flexibility index (Phi) is 5.98. The minimum atomic E-state index is -0.670. The van der Waals surface area contributed by atoms with Crippen LogP contribution < -0.4 is 5.32 Å². The first-order chi connectivity index (χ1) is 11.4. The number of carbonyl (C=O) groups is 2. The SMILES string of the molecule is CCCn1ccc2ccc(NC(=O)C(=O)N(C)CCC(C)O)cc21. The van der Waals surface area contributed by atoms with Crippen LogP contribution in [-0.4, -0.2) is 46.1 Å². The number of aryl methyl sites for hydroxylation is 1. The molecule has 0 saturated carbocycles. The number of nitrogens with zero attached hydrogens (tertiary/aromatic N) is 2.